The molecule has 0 saturated carbocycles. The number of halogens is 1. The van der Waals surface area contributed by atoms with Gasteiger partial charge in [-0.3, -0.25) is 0 Å². The van der Waals surface area contributed by atoms with Crippen molar-refractivity contribution in [1.29, 1.82) is 0 Å². The molecule has 0 bridgehead atoms. The van der Waals surface area contributed by atoms with E-state index in [1.165, 1.54) is 11.4 Å². The maximum atomic E-state index is 4.23. The molecule has 0 amide bonds. The van der Waals surface area contributed by atoms with Crippen LogP contribution >= 0.6 is 15.9 Å². The highest BCUT2D eigenvalue weighted by molar-refractivity contribution is 9.10. The summed E-state index contributed by atoms with van der Waals surface area (Å²) in [4.78, 5) is 6.34. The molecular weight excluding hydrogens is 316 g/mol. The highest BCUT2D eigenvalue weighted by Gasteiger charge is 2.07. The number of aromatic nitrogens is 2. The van der Waals surface area contributed by atoms with Gasteiger partial charge in [0.1, 0.15) is 0 Å². The van der Waals surface area contributed by atoms with Crippen molar-refractivity contribution in [3.05, 3.63) is 40.9 Å². The molecule has 0 aliphatic heterocycles. The van der Waals surface area contributed by atoms with Crippen LogP contribution in [0.5, 0.6) is 0 Å². The predicted molar refractivity (Wildman–Crippen MR) is 88.3 cm³/mol. The van der Waals surface area contributed by atoms with Crippen molar-refractivity contribution in [3.8, 4) is 0 Å². The van der Waals surface area contributed by atoms with E-state index < -0.39 is 0 Å². The third-order valence-electron chi connectivity index (χ3n) is 3.16. The number of anilines is 2. The number of benzene rings is 1. The Bertz CT molecular complexity index is 563. The van der Waals surface area contributed by atoms with Crippen LogP contribution < -0.4 is 10.2 Å². The zero-order valence-electron chi connectivity index (χ0n) is 12.2. The van der Waals surface area contributed by atoms with Gasteiger partial charge in [0, 0.05) is 31.3 Å². The van der Waals surface area contributed by atoms with Crippen molar-refractivity contribution in [2.75, 3.05) is 24.3 Å². The van der Waals surface area contributed by atoms with Gasteiger partial charge in [0.2, 0.25) is 0 Å². The minimum Gasteiger partial charge on any atom is -0.378 e. The summed E-state index contributed by atoms with van der Waals surface area (Å²) in [5.74, 6) is 0. The van der Waals surface area contributed by atoms with Crippen molar-refractivity contribution < 1.29 is 0 Å². The number of imidazole rings is 1. The molecule has 1 aromatic carbocycles. The van der Waals surface area contributed by atoms with E-state index in [4.69, 9.17) is 0 Å². The Labute approximate surface area is 128 Å². The van der Waals surface area contributed by atoms with E-state index in [9.17, 15) is 0 Å². The second kappa shape index (κ2) is 6.79. The number of nitrogens with one attached hydrogen (secondary N) is 1. The average molecular weight is 337 g/mol. The van der Waals surface area contributed by atoms with E-state index >= 15 is 0 Å². The van der Waals surface area contributed by atoms with Crippen LogP contribution in [0.25, 0.3) is 0 Å². The third-order valence-corrected chi connectivity index (χ3v) is 3.66. The Balaban J connectivity index is 2.14. The highest BCUT2D eigenvalue weighted by Crippen LogP contribution is 2.28. The zero-order chi connectivity index (χ0) is 14.5. The fourth-order valence-corrected chi connectivity index (χ4v) is 2.52. The van der Waals surface area contributed by atoms with Gasteiger partial charge in [0.25, 0.3) is 0 Å². The Morgan fingerprint density at radius 3 is 2.85 bits per heavy atom. The largest absolute Gasteiger partial charge is 0.378 e. The van der Waals surface area contributed by atoms with Crippen molar-refractivity contribution in [2.45, 2.75) is 26.4 Å². The quantitative estimate of drug-likeness (QED) is 0.872. The molecule has 0 radical (unpaired) electrons. The number of rotatable bonds is 6. The molecule has 1 aromatic heterocycles. The van der Waals surface area contributed by atoms with E-state index in [1.54, 1.807) is 0 Å². The molecule has 1 N–H and O–H groups in total. The fourth-order valence-electron chi connectivity index (χ4n) is 2.16. The lowest BCUT2D eigenvalue weighted by molar-refractivity contribution is 0.651. The normalized spacial score (nSPS) is 10.6. The highest BCUT2D eigenvalue weighted by atomic mass is 79.9. The number of aryl methyl sites for hydroxylation is 1. The van der Waals surface area contributed by atoms with Crippen molar-refractivity contribution in [1.82, 2.24) is 9.55 Å². The minimum absolute atomic E-state index is 0.775. The van der Waals surface area contributed by atoms with E-state index in [0.717, 1.165) is 29.7 Å². The van der Waals surface area contributed by atoms with Crippen LogP contribution in [0.4, 0.5) is 11.4 Å². The molecule has 0 fully saturated rings. The Hall–Kier alpha value is -1.49. The molecule has 5 heteroatoms. The van der Waals surface area contributed by atoms with Gasteiger partial charge in [-0.15, -0.1) is 0 Å². The van der Waals surface area contributed by atoms with Crippen LogP contribution in [0, 0.1) is 0 Å². The van der Waals surface area contributed by atoms with Crippen LogP contribution in [-0.4, -0.2) is 23.6 Å². The first-order valence-corrected chi connectivity index (χ1v) is 7.61. The Morgan fingerprint density at radius 1 is 1.35 bits per heavy atom. The van der Waals surface area contributed by atoms with Crippen molar-refractivity contribution in [2.24, 2.45) is 0 Å². The van der Waals surface area contributed by atoms with Gasteiger partial charge in [0.15, 0.2) is 0 Å². The van der Waals surface area contributed by atoms with Gasteiger partial charge < -0.3 is 14.8 Å². The molecule has 0 atom stereocenters. The number of hydrogen-bond acceptors (Lipinski definition) is 3. The topological polar surface area (TPSA) is 33.1 Å². The van der Waals surface area contributed by atoms with Gasteiger partial charge in [-0.25, -0.2) is 4.98 Å². The summed E-state index contributed by atoms with van der Waals surface area (Å²) in [6.07, 6.45) is 4.94. The monoisotopic (exact) mass is 336 g/mol. The first kappa shape index (κ1) is 14.9. The van der Waals surface area contributed by atoms with Crippen LogP contribution in [0.2, 0.25) is 0 Å². The molecule has 1 heterocycles. The lowest BCUT2D eigenvalue weighted by atomic mass is 10.2. The zero-order valence-corrected chi connectivity index (χ0v) is 13.8. The SMILES string of the molecule is CCCn1cncc1CNc1cc(Br)ccc1N(C)C. The fraction of sp³-hybridized carbons (Fsp3) is 0.400. The van der Waals surface area contributed by atoms with Crippen LogP contribution in [-0.2, 0) is 13.1 Å². The van der Waals surface area contributed by atoms with Crippen molar-refractivity contribution in [3.63, 3.8) is 0 Å². The van der Waals surface area contributed by atoms with E-state index in [1.807, 2.05) is 12.5 Å². The molecular formula is C15H21BrN4. The number of nitrogens with zero attached hydrogens (tertiary/aromatic N) is 3. The summed E-state index contributed by atoms with van der Waals surface area (Å²) in [5, 5.41) is 3.50. The molecule has 2 aromatic rings. The summed E-state index contributed by atoms with van der Waals surface area (Å²) in [6.45, 7) is 3.96. The maximum absolute atomic E-state index is 4.23. The summed E-state index contributed by atoms with van der Waals surface area (Å²) >= 11 is 3.53. The molecule has 4 nitrogen and oxygen atoms in total. The van der Waals surface area contributed by atoms with Crippen LogP contribution in [0.3, 0.4) is 0 Å². The molecule has 0 unspecified atom stereocenters. The first-order chi connectivity index (χ1) is 9.61. The summed E-state index contributed by atoms with van der Waals surface area (Å²) in [6, 6.07) is 6.27. The summed E-state index contributed by atoms with van der Waals surface area (Å²) < 4.78 is 3.27. The second-order valence-corrected chi connectivity index (χ2v) is 5.90. The minimum atomic E-state index is 0.775. The number of hydrogen-bond donors (Lipinski definition) is 1. The molecule has 0 spiro atoms. The Kier molecular flexibility index (Phi) is 5.06. The summed E-state index contributed by atoms with van der Waals surface area (Å²) in [5.41, 5.74) is 3.50. The lowest BCUT2D eigenvalue weighted by Crippen LogP contribution is -2.13. The van der Waals surface area contributed by atoms with E-state index in [0.29, 0.717) is 0 Å². The van der Waals surface area contributed by atoms with E-state index in [2.05, 4.69) is 74.9 Å². The van der Waals surface area contributed by atoms with Crippen molar-refractivity contribution >= 4 is 27.3 Å². The smallest absolute Gasteiger partial charge is 0.0948 e. The van der Waals surface area contributed by atoms with Gasteiger partial charge >= 0.3 is 0 Å². The molecule has 0 aliphatic rings. The van der Waals surface area contributed by atoms with Gasteiger partial charge in [0.05, 0.1) is 29.9 Å². The lowest BCUT2D eigenvalue weighted by Gasteiger charge is -2.19. The third kappa shape index (κ3) is 3.54. The first-order valence-electron chi connectivity index (χ1n) is 6.81. The standard InChI is InChI=1S/C15H21BrN4/c1-4-7-20-11-17-9-13(20)10-18-14-8-12(16)5-6-15(14)19(2)3/h5-6,8-9,11,18H,4,7,10H2,1-3H3. The average Bonchev–Trinajstić information content (AvgIpc) is 2.84. The van der Waals surface area contributed by atoms with Crippen LogP contribution in [0.15, 0.2) is 35.2 Å². The molecule has 2 rings (SSSR count). The maximum Gasteiger partial charge on any atom is 0.0948 e. The molecule has 0 saturated heterocycles. The van der Waals surface area contributed by atoms with E-state index in [-0.39, 0.29) is 0 Å². The second-order valence-electron chi connectivity index (χ2n) is 4.99. The van der Waals surface area contributed by atoms with Crippen LogP contribution in [0.1, 0.15) is 19.0 Å². The van der Waals surface area contributed by atoms with Gasteiger partial charge in [-0.1, -0.05) is 22.9 Å². The molecule has 108 valence electrons. The summed E-state index contributed by atoms with van der Waals surface area (Å²) in [7, 11) is 4.10. The van der Waals surface area contributed by atoms with Gasteiger partial charge in [-0.05, 0) is 24.6 Å². The Morgan fingerprint density at radius 2 is 2.15 bits per heavy atom. The molecule has 20 heavy (non-hydrogen) atoms. The predicted octanol–water partition coefficient (Wildman–Crippen LogP) is 3.73. The molecule has 0 aliphatic carbocycles. The van der Waals surface area contributed by atoms with Gasteiger partial charge in [-0.2, -0.15) is 0 Å².